The topological polar surface area (TPSA) is 40.5 Å². The maximum Gasteiger partial charge on any atom is 0.403 e. The van der Waals surface area contributed by atoms with E-state index in [0.29, 0.717) is 5.92 Å². The van der Waals surface area contributed by atoms with Crippen LogP contribution in [-0.4, -0.2) is 41.8 Å². The van der Waals surface area contributed by atoms with Crippen LogP contribution >= 0.6 is 0 Å². The van der Waals surface area contributed by atoms with Crippen LogP contribution < -0.4 is 0 Å². The molecule has 1 fully saturated rings. The molecule has 0 aromatic rings. The quantitative estimate of drug-likeness (QED) is 0.841. The lowest BCUT2D eigenvalue weighted by Gasteiger charge is -2.35. The first kappa shape index (κ1) is 16.3. The standard InChI is InChI=1S/C13H22F3NO2/c1-3-9-4-6-10(7-5-9)17(2)8-11(12(18)19)13(14,15)16/h9-11H,3-8H2,1-2H3,(H,18,19). The lowest BCUT2D eigenvalue weighted by Crippen LogP contribution is -2.44. The zero-order chi connectivity index (χ0) is 14.6. The van der Waals surface area contributed by atoms with Crippen molar-refractivity contribution < 1.29 is 23.1 Å². The second-order valence-corrected chi connectivity index (χ2v) is 5.45. The Balaban J connectivity index is 2.54. The molecule has 0 aliphatic heterocycles. The summed E-state index contributed by atoms with van der Waals surface area (Å²) in [6.45, 7) is 1.67. The SMILES string of the molecule is CCC1CCC(N(C)CC(C(=O)O)C(F)(F)F)CC1. The van der Waals surface area contributed by atoms with Gasteiger partial charge in [-0.25, -0.2) is 0 Å². The number of carbonyl (C=O) groups is 1. The van der Waals surface area contributed by atoms with E-state index in [4.69, 9.17) is 5.11 Å². The van der Waals surface area contributed by atoms with Crippen LogP contribution in [0.15, 0.2) is 0 Å². The number of hydrogen-bond acceptors (Lipinski definition) is 2. The van der Waals surface area contributed by atoms with Crippen LogP contribution in [0.5, 0.6) is 0 Å². The molecule has 1 saturated carbocycles. The maximum absolute atomic E-state index is 12.6. The van der Waals surface area contributed by atoms with Gasteiger partial charge in [0.25, 0.3) is 0 Å². The smallest absolute Gasteiger partial charge is 0.403 e. The zero-order valence-corrected chi connectivity index (χ0v) is 11.4. The van der Waals surface area contributed by atoms with Crippen molar-refractivity contribution >= 4 is 5.97 Å². The number of carboxylic acids is 1. The Kier molecular flexibility index (Phi) is 5.64. The molecule has 3 nitrogen and oxygen atoms in total. The number of aliphatic carboxylic acids is 1. The third kappa shape index (κ3) is 4.67. The van der Waals surface area contributed by atoms with Crippen molar-refractivity contribution in [2.24, 2.45) is 11.8 Å². The van der Waals surface area contributed by atoms with E-state index >= 15 is 0 Å². The molecule has 1 unspecified atom stereocenters. The molecule has 0 aromatic carbocycles. The highest BCUT2D eigenvalue weighted by Gasteiger charge is 2.46. The number of nitrogens with zero attached hydrogens (tertiary/aromatic N) is 1. The summed E-state index contributed by atoms with van der Waals surface area (Å²) in [4.78, 5) is 12.3. The second-order valence-electron chi connectivity index (χ2n) is 5.45. The number of hydrogen-bond donors (Lipinski definition) is 1. The third-order valence-electron chi connectivity index (χ3n) is 4.18. The van der Waals surface area contributed by atoms with E-state index < -0.39 is 24.6 Å². The first-order valence-corrected chi connectivity index (χ1v) is 6.75. The van der Waals surface area contributed by atoms with Crippen molar-refractivity contribution in [3.05, 3.63) is 0 Å². The molecule has 6 heteroatoms. The van der Waals surface area contributed by atoms with E-state index in [0.717, 1.165) is 32.1 Å². The number of alkyl halides is 3. The van der Waals surface area contributed by atoms with Crippen molar-refractivity contribution in [1.82, 2.24) is 4.90 Å². The molecule has 0 radical (unpaired) electrons. The molecule has 1 atom stereocenters. The Morgan fingerprint density at radius 1 is 1.32 bits per heavy atom. The van der Waals surface area contributed by atoms with Gasteiger partial charge in [-0.05, 0) is 38.6 Å². The maximum atomic E-state index is 12.6. The van der Waals surface area contributed by atoms with Crippen molar-refractivity contribution in [1.29, 1.82) is 0 Å². The number of rotatable bonds is 5. The van der Waals surface area contributed by atoms with E-state index in [1.54, 1.807) is 11.9 Å². The summed E-state index contributed by atoms with van der Waals surface area (Å²) in [7, 11) is 1.60. The minimum atomic E-state index is -4.68. The minimum Gasteiger partial charge on any atom is -0.481 e. The summed E-state index contributed by atoms with van der Waals surface area (Å²) in [5.41, 5.74) is 0. The molecule has 1 aliphatic rings. The Morgan fingerprint density at radius 2 is 1.84 bits per heavy atom. The summed E-state index contributed by atoms with van der Waals surface area (Å²) in [5, 5.41) is 8.69. The van der Waals surface area contributed by atoms with Crippen LogP contribution in [0.4, 0.5) is 13.2 Å². The lowest BCUT2D eigenvalue weighted by atomic mass is 9.84. The van der Waals surface area contributed by atoms with Gasteiger partial charge < -0.3 is 10.0 Å². The zero-order valence-electron chi connectivity index (χ0n) is 11.4. The molecule has 1 aliphatic carbocycles. The first-order chi connectivity index (χ1) is 8.75. The molecule has 1 rings (SSSR count). The lowest BCUT2D eigenvalue weighted by molar-refractivity contribution is -0.197. The summed E-state index contributed by atoms with van der Waals surface area (Å²) in [6.07, 6.45) is 0.195. The fraction of sp³-hybridized carbons (Fsp3) is 0.923. The molecule has 0 amide bonds. The molecule has 0 saturated heterocycles. The minimum absolute atomic E-state index is 0.0759. The molecule has 19 heavy (non-hydrogen) atoms. The van der Waals surface area contributed by atoms with Crippen molar-refractivity contribution in [3.8, 4) is 0 Å². The fourth-order valence-corrected chi connectivity index (χ4v) is 2.75. The van der Waals surface area contributed by atoms with Gasteiger partial charge in [-0.1, -0.05) is 13.3 Å². The number of carboxylic acid groups (broad SMARTS) is 1. The van der Waals surface area contributed by atoms with Crippen LogP contribution in [0.25, 0.3) is 0 Å². The average Bonchev–Trinajstić information content (AvgIpc) is 2.34. The van der Waals surface area contributed by atoms with Gasteiger partial charge in [0.15, 0.2) is 5.92 Å². The Labute approximate surface area is 111 Å². The van der Waals surface area contributed by atoms with Crippen LogP contribution in [0.3, 0.4) is 0 Å². The van der Waals surface area contributed by atoms with E-state index in [2.05, 4.69) is 6.92 Å². The van der Waals surface area contributed by atoms with Gasteiger partial charge in [-0.15, -0.1) is 0 Å². The molecular formula is C13H22F3NO2. The van der Waals surface area contributed by atoms with Gasteiger partial charge in [-0.2, -0.15) is 13.2 Å². The van der Waals surface area contributed by atoms with E-state index in [-0.39, 0.29) is 6.04 Å². The molecule has 0 spiro atoms. The van der Waals surface area contributed by atoms with Gasteiger partial charge in [0.2, 0.25) is 0 Å². The predicted octanol–water partition coefficient (Wildman–Crippen LogP) is 3.15. The molecule has 0 bridgehead atoms. The summed E-state index contributed by atoms with van der Waals surface area (Å²) in [5.74, 6) is -3.41. The van der Waals surface area contributed by atoms with Crippen LogP contribution in [-0.2, 0) is 4.79 Å². The monoisotopic (exact) mass is 281 g/mol. The van der Waals surface area contributed by atoms with Crippen molar-refractivity contribution in [3.63, 3.8) is 0 Å². The van der Waals surface area contributed by atoms with Crippen LogP contribution in [0.1, 0.15) is 39.0 Å². The van der Waals surface area contributed by atoms with Crippen molar-refractivity contribution in [2.75, 3.05) is 13.6 Å². The molecule has 112 valence electrons. The normalized spacial score (nSPS) is 26.4. The van der Waals surface area contributed by atoms with Gasteiger partial charge in [0.1, 0.15) is 0 Å². The fourth-order valence-electron chi connectivity index (χ4n) is 2.75. The average molecular weight is 281 g/mol. The highest BCUT2D eigenvalue weighted by Crippen LogP contribution is 2.32. The molecular weight excluding hydrogens is 259 g/mol. The summed E-state index contributed by atoms with van der Waals surface area (Å²) < 4.78 is 37.8. The van der Waals surface area contributed by atoms with Gasteiger partial charge in [0, 0.05) is 12.6 Å². The van der Waals surface area contributed by atoms with E-state index in [9.17, 15) is 18.0 Å². The highest BCUT2D eigenvalue weighted by atomic mass is 19.4. The molecule has 0 heterocycles. The van der Waals surface area contributed by atoms with Gasteiger partial charge >= 0.3 is 12.1 Å². The second kappa shape index (κ2) is 6.59. The summed E-state index contributed by atoms with van der Waals surface area (Å²) >= 11 is 0. The Hall–Kier alpha value is -0.780. The number of halogens is 3. The van der Waals surface area contributed by atoms with Crippen LogP contribution in [0, 0.1) is 11.8 Å². The van der Waals surface area contributed by atoms with Crippen LogP contribution in [0.2, 0.25) is 0 Å². The predicted molar refractivity (Wildman–Crippen MR) is 65.8 cm³/mol. The first-order valence-electron chi connectivity index (χ1n) is 6.75. The highest BCUT2D eigenvalue weighted by molar-refractivity contribution is 5.71. The summed E-state index contributed by atoms with van der Waals surface area (Å²) in [6, 6.07) is 0.0759. The van der Waals surface area contributed by atoms with Gasteiger partial charge in [-0.3, -0.25) is 4.79 Å². The molecule has 1 N–H and O–H groups in total. The molecule has 0 aromatic heterocycles. The van der Waals surface area contributed by atoms with Gasteiger partial charge in [0.05, 0.1) is 0 Å². The largest absolute Gasteiger partial charge is 0.481 e. The third-order valence-corrected chi connectivity index (χ3v) is 4.18. The Morgan fingerprint density at radius 3 is 2.21 bits per heavy atom. The van der Waals surface area contributed by atoms with E-state index in [1.807, 2.05) is 0 Å². The van der Waals surface area contributed by atoms with E-state index in [1.165, 1.54) is 0 Å². The van der Waals surface area contributed by atoms with Crippen molar-refractivity contribution in [2.45, 2.75) is 51.2 Å². The Bertz CT molecular complexity index is 299.